The summed E-state index contributed by atoms with van der Waals surface area (Å²) in [5, 5.41) is 3.62. The van der Waals surface area contributed by atoms with E-state index in [0.717, 1.165) is 10.9 Å². The van der Waals surface area contributed by atoms with E-state index < -0.39 is 5.82 Å². The van der Waals surface area contributed by atoms with Gasteiger partial charge in [-0.1, -0.05) is 36.4 Å². The second-order valence-corrected chi connectivity index (χ2v) is 5.63. The standard InChI is InChI=1S/C20H13FN4O2/c21-15-6-2-4-8-18(15)27-20-22-11-14(12-23-20)24-19(26)17-10-9-13-5-1-3-7-16(13)25-17/h1-12H,(H,24,26). The van der Waals surface area contributed by atoms with Crippen molar-refractivity contribution in [1.29, 1.82) is 0 Å². The molecule has 4 rings (SSSR count). The number of hydrogen-bond acceptors (Lipinski definition) is 5. The molecular weight excluding hydrogens is 347 g/mol. The smallest absolute Gasteiger partial charge is 0.322 e. The lowest BCUT2D eigenvalue weighted by Gasteiger charge is -2.07. The van der Waals surface area contributed by atoms with E-state index >= 15 is 0 Å². The molecule has 0 fully saturated rings. The van der Waals surface area contributed by atoms with Crippen molar-refractivity contribution in [1.82, 2.24) is 15.0 Å². The molecule has 1 amide bonds. The number of nitrogens with one attached hydrogen (secondary N) is 1. The molecule has 2 aromatic carbocycles. The SMILES string of the molecule is O=C(Nc1cnc(Oc2ccccc2F)nc1)c1ccc2ccccc2n1. The first kappa shape index (κ1) is 16.6. The van der Waals surface area contributed by atoms with E-state index in [-0.39, 0.29) is 23.4 Å². The summed E-state index contributed by atoms with van der Waals surface area (Å²) in [7, 11) is 0. The van der Waals surface area contributed by atoms with Crippen molar-refractivity contribution in [3.63, 3.8) is 0 Å². The van der Waals surface area contributed by atoms with Crippen LogP contribution < -0.4 is 10.1 Å². The second-order valence-electron chi connectivity index (χ2n) is 5.63. The minimum absolute atomic E-state index is 0.0228. The second kappa shape index (κ2) is 7.17. The summed E-state index contributed by atoms with van der Waals surface area (Å²) >= 11 is 0. The van der Waals surface area contributed by atoms with Gasteiger partial charge in [-0.3, -0.25) is 4.79 Å². The molecule has 1 N–H and O–H groups in total. The Morgan fingerprint density at radius 3 is 2.48 bits per heavy atom. The molecule has 0 aliphatic heterocycles. The van der Waals surface area contributed by atoms with Crippen molar-refractivity contribution < 1.29 is 13.9 Å². The number of benzene rings is 2. The van der Waals surface area contributed by atoms with Gasteiger partial charge < -0.3 is 10.1 Å². The third-order valence-electron chi connectivity index (χ3n) is 3.75. The molecule has 2 aromatic heterocycles. The number of fused-ring (bicyclic) bond motifs is 1. The highest BCUT2D eigenvalue weighted by Crippen LogP contribution is 2.21. The van der Waals surface area contributed by atoms with E-state index in [2.05, 4.69) is 20.3 Å². The molecular formula is C20H13FN4O2. The first-order valence-corrected chi connectivity index (χ1v) is 8.10. The van der Waals surface area contributed by atoms with Crippen LogP contribution in [-0.2, 0) is 0 Å². The van der Waals surface area contributed by atoms with Crippen LogP contribution in [0.3, 0.4) is 0 Å². The van der Waals surface area contributed by atoms with Crippen molar-refractivity contribution in [3.05, 3.63) is 84.6 Å². The van der Waals surface area contributed by atoms with Gasteiger partial charge in [0.1, 0.15) is 5.69 Å². The minimum atomic E-state index is -0.513. The Bertz CT molecular complexity index is 1120. The van der Waals surface area contributed by atoms with Crippen LogP contribution in [0.5, 0.6) is 11.8 Å². The maximum absolute atomic E-state index is 13.6. The Kier molecular flexibility index (Phi) is 4.40. The van der Waals surface area contributed by atoms with Crippen molar-refractivity contribution >= 4 is 22.5 Å². The molecule has 0 aliphatic rings. The maximum Gasteiger partial charge on any atom is 0.322 e. The number of para-hydroxylation sites is 2. The van der Waals surface area contributed by atoms with E-state index in [1.165, 1.54) is 24.5 Å². The van der Waals surface area contributed by atoms with Gasteiger partial charge >= 0.3 is 6.01 Å². The van der Waals surface area contributed by atoms with Crippen LogP contribution >= 0.6 is 0 Å². The molecule has 0 bridgehead atoms. The number of ether oxygens (including phenoxy) is 1. The molecule has 0 aliphatic carbocycles. The fourth-order valence-electron chi connectivity index (χ4n) is 2.45. The number of pyridine rings is 1. The molecule has 2 heterocycles. The van der Waals surface area contributed by atoms with Gasteiger partial charge in [-0.25, -0.2) is 19.3 Å². The topological polar surface area (TPSA) is 77.0 Å². The number of anilines is 1. The van der Waals surface area contributed by atoms with Crippen LogP contribution in [0.25, 0.3) is 10.9 Å². The minimum Gasteiger partial charge on any atom is -0.421 e. The Morgan fingerprint density at radius 2 is 1.67 bits per heavy atom. The van der Waals surface area contributed by atoms with Gasteiger partial charge in [0.15, 0.2) is 11.6 Å². The number of halogens is 1. The van der Waals surface area contributed by atoms with Crippen molar-refractivity contribution in [2.75, 3.05) is 5.32 Å². The molecule has 0 spiro atoms. The number of aromatic nitrogens is 3. The van der Waals surface area contributed by atoms with E-state index in [1.54, 1.807) is 18.2 Å². The molecule has 0 unspecified atom stereocenters. The van der Waals surface area contributed by atoms with Gasteiger partial charge in [0.25, 0.3) is 5.91 Å². The summed E-state index contributed by atoms with van der Waals surface area (Å²) in [5.74, 6) is -0.873. The van der Waals surface area contributed by atoms with Crippen LogP contribution in [0.2, 0.25) is 0 Å². The fraction of sp³-hybridized carbons (Fsp3) is 0. The highest BCUT2D eigenvalue weighted by molar-refractivity contribution is 6.03. The zero-order chi connectivity index (χ0) is 18.6. The number of hydrogen-bond donors (Lipinski definition) is 1. The zero-order valence-corrected chi connectivity index (χ0v) is 14.0. The lowest BCUT2D eigenvalue weighted by Crippen LogP contribution is -2.14. The quantitative estimate of drug-likeness (QED) is 0.590. The van der Waals surface area contributed by atoms with Gasteiger partial charge in [-0.05, 0) is 24.3 Å². The van der Waals surface area contributed by atoms with Gasteiger partial charge in [0, 0.05) is 5.39 Å². The van der Waals surface area contributed by atoms with E-state index in [0.29, 0.717) is 5.69 Å². The molecule has 0 radical (unpaired) electrons. The van der Waals surface area contributed by atoms with Gasteiger partial charge in [0.2, 0.25) is 0 Å². The number of carbonyl (C=O) groups is 1. The molecule has 27 heavy (non-hydrogen) atoms. The summed E-state index contributed by atoms with van der Waals surface area (Å²) in [6, 6.07) is 16.9. The van der Waals surface area contributed by atoms with Gasteiger partial charge in [-0.2, -0.15) is 0 Å². The third kappa shape index (κ3) is 3.72. The van der Waals surface area contributed by atoms with Crippen molar-refractivity contribution in [2.45, 2.75) is 0 Å². The van der Waals surface area contributed by atoms with Crippen LogP contribution in [0.4, 0.5) is 10.1 Å². The van der Waals surface area contributed by atoms with E-state index in [1.807, 2.05) is 30.3 Å². The number of amides is 1. The van der Waals surface area contributed by atoms with Crippen LogP contribution in [0.1, 0.15) is 10.5 Å². The molecule has 0 saturated heterocycles. The number of carbonyl (C=O) groups excluding carboxylic acids is 1. The van der Waals surface area contributed by atoms with E-state index in [4.69, 9.17) is 4.74 Å². The summed E-state index contributed by atoms with van der Waals surface area (Å²) in [5.41, 5.74) is 1.38. The normalized spacial score (nSPS) is 10.6. The average Bonchev–Trinajstić information content (AvgIpc) is 2.71. The highest BCUT2D eigenvalue weighted by atomic mass is 19.1. The first-order valence-electron chi connectivity index (χ1n) is 8.10. The molecule has 0 atom stereocenters. The maximum atomic E-state index is 13.6. The number of nitrogens with zero attached hydrogens (tertiary/aromatic N) is 3. The van der Waals surface area contributed by atoms with Crippen molar-refractivity contribution in [3.8, 4) is 11.8 Å². The third-order valence-corrected chi connectivity index (χ3v) is 3.75. The Labute approximate surface area is 153 Å². The monoisotopic (exact) mass is 360 g/mol. The lowest BCUT2D eigenvalue weighted by molar-refractivity contribution is 0.102. The first-order chi connectivity index (χ1) is 13.2. The number of rotatable bonds is 4. The summed E-state index contributed by atoms with van der Waals surface area (Å²) in [4.78, 5) is 24.7. The molecule has 0 saturated carbocycles. The molecule has 6 nitrogen and oxygen atoms in total. The predicted molar refractivity (Wildman–Crippen MR) is 98.2 cm³/mol. The molecule has 7 heteroatoms. The van der Waals surface area contributed by atoms with Gasteiger partial charge in [-0.15, -0.1) is 0 Å². The Morgan fingerprint density at radius 1 is 0.926 bits per heavy atom. The predicted octanol–water partition coefficient (Wildman–Crippen LogP) is 4.21. The average molecular weight is 360 g/mol. The fourth-order valence-corrected chi connectivity index (χ4v) is 2.45. The molecule has 4 aromatic rings. The molecule has 132 valence electrons. The van der Waals surface area contributed by atoms with Gasteiger partial charge in [0.05, 0.1) is 23.6 Å². The van der Waals surface area contributed by atoms with Crippen LogP contribution in [-0.4, -0.2) is 20.9 Å². The summed E-state index contributed by atoms with van der Waals surface area (Å²) in [6.07, 6.45) is 2.75. The van der Waals surface area contributed by atoms with Crippen molar-refractivity contribution in [2.24, 2.45) is 0 Å². The highest BCUT2D eigenvalue weighted by Gasteiger charge is 2.10. The zero-order valence-electron chi connectivity index (χ0n) is 14.0. The lowest BCUT2D eigenvalue weighted by atomic mass is 10.2. The van der Waals surface area contributed by atoms with E-state index in [9.17, 15) is 9.18 Å². The summed E-state index contributed by atoms with van der Waals surface area (Å²) in [6.45, 7) is 0. The van der Waals surface area contributed by atoms with Crippen LogP contribution in [0, 0.1) is 5.82 Å². The van der Waals surface area contributed by atoms with Crippen LogP contribution in [0.15, 0.2) is 73.1 Å². The largest absolute Gasteiger partial charge is 0.421 e. The summed E-state index contributed by atoms with van der Waals surface area (Å²) < 4.78 is 18.9. The Balaban J connectivity index is 1.47. The Hall–Kier alpha value is -3.87.